The first-order valence-corrected chi connectivity index (χ1v) is 7.86. The molecule has 2 N–H and O–H groups in total. The number of aromatic amines is 2. The summed E-state index contributed by atoms with van der Waals surface area (Å²) >= 11 is 0. The fourth-order valence-corrected chi connectivity index (χ4v) is 3.18. The van der Waals surface area contributed by atoms with Crippen molar-refractivity contribution in [2.24, 2.45) is 0 Å². The number of H-pyrrole nitrogens is 2. The highest BCUT2D eigenvalue weighted by Gasteiger charge is 2.10. The van der Waals surface area contributed by atoms with E-state index in [9.17, 15) is 4.79 Å². The molecule has 0 saturated carbocycles. The molecule has 0 atom stereocenters. The molecule has 0 fully saturated rings. The molecule has 4 aromatic rings. The number of fused-ring (bicyclic) bond motifs is 1. The Morgan fingerprint density at radius 3 is 2.54 bits per heavy atom. The first-order valence-electron chi connectivity index (χ1n) is 7.86. The molecule has 24 heavy (non-hydrogen) atoms. The number of pyridine rings is 2. The highest BCUT2D eigenvalue weighted by atomic mass is 16.1. The van der Waals surface area contributed by atoms with Gasteiger partial charge in [-0.25, -0.2) is 4.98 Å². The Morgan fingerprint density at radius 1 is 0.958 bits per heavy atom. The van der Waals surface area contributed by atoms with E-state index in [1.165, 1.54) is 11.1 Å². The van der Waals surface area contributed by atoms with E-state index in [0.29, 0.717) is 0 Å². The van der Waals surface area contributed by atoms with E-state index in [1.807, 2.05) is 24.4 Å². The Kier molecular flexibility index (Phi) is 3.31. The van der Waals surface area contributed by atoms with E-state index in [-0.39, 0.29) is 5.56 Å². The number of rotatable bonds is 2. The lowest BCUT2D eigenvalue weighted by Gasteiger charge is -2.07. The molecule has 4 heteroatoms. The predicted octanol–water partition coefficient (Wildman–Crippen LogP) is 4.20. The van der Waals surface area contributed by atoms with Crippen molar-refractivity contribution in [3.63, 3.8) is 0 Å². The number of nitrogens with zero attached hydrogens (tertiary/aromatic N) is 1. The molecule has 3 heterocycles. The van der Waals surface area contributed by atoms with E-state index in [2.05, 4.69) is 47.0 Å². The number of nitrogens with one attached hydrogen (secondary N) is 2. The Bertz CT molecular complexity index is 1090. The van der Waals surface area contributed by atoms with Gasteiger partial charge in [0.2, 0.25) is 5.56 Å². The van der Waals surface area contributed by atoms with Gasteiger partial charge in [-0.05, 0) is 55.3 Å². The van der Waals surface area contributed by atoms with Crippen LogP contribution >= 0.6 is 0 Å². The van der Waals surface area contributed by atoms with Gasteiger partial charge in [-0.3, -0.25) is 4.79 Å². The molecule has 0 aliphatic heterocycles. The van der Waals surface area contributed by atoms with Crippen molar-refractivity contribution >= 4 is 11.0 Å². The monoisotopic (exact) mass is 315 g/mol. The average molecular weight is 315 g/mol. The zero-order valence-corrected chi connectivity index (χ0v) is 13.6. The fourth-order valence-electron chi connectivity index (χ4n) is 3.18. The summed E-state index contributed by atoms with van der Waals surface area (Å²) in [7, 11) is 0. The molecule has 0 spiro atoms. The van der Waals surface area contributed by atoms with Crippen LogP contribution in [0.15, 0.2) is 59.7 Å². The molecule has 4 nitrogen and oxygen atoms in total. The van der Waals surface area contributed by atoms with E-state index in [4.69, 9.17) is 0 Å². The minimum Gasteiger partial charge on any atom is -0.346 e. The molecule has 118 valence electrons. The summed E-state index contributed by atoms with van der Waals surface area (Å²) in [5, 5.41) is 1.01. The van der Waals surface area contributed by atoms with Crippen molar-refractivity contribution in [1.29, 1.82) is 0 Å². The number of hydrogen-bond acceptors (Lipinski definition) is 2. The van der Waals surface area contributed by atoms with Crippen LogP contribution in [-0.2, 0) is 0 Å². The van der Waals surface area contributed by atoms with Crippen LogP contribution in [0.1, 0.15) is 11.1 Å². The number of benzene rings is 1. The van der Waals surface area contributed by atoms with Crippen molar-refractivity contribution in [2.45, 2.75) is 13.8 Å². The van der Waals surface area contributed by atoms with E-state index >= 15 is 0 Å². The molecular weight excluding hydrogens is 298 g/mol. The third-order valence-corrected chi connectivity index (χ3v) is 4.14. The van der Waals surface area contributed by atoms with Crippen molar-refractivity contribution in [1.82, 2.24) is 15.0 Å². The van der Waals surface area contributed by atoms with Crippen LogP contribution in [0.3, 0.4) is 0 Å². The van der Waals surface area contributed by atoms with Crippen LogP contribution in [0, 0.1) is 13.8 Å². The Balaban J connectivity index is 1.92. The summed E-state index contributed by atoms with van der Waals surface area (Å²) in [5.41, 5.74) is 6.76. The second kappa shape index (κ2) is 5.49. The van der Waals surface area contributed by atoms with Gasteiger partial charge in [0.25, 0.3) is 0 Å². The van der Waals surface area contributed by atoms with E-state index in [1.54, 1.807) is 12.3 Å². The second-order valence-corrected chi connectivity index (χ2v) is 6.13. The maximum atomic E-state index is 12.2. The second-order valence-electron chi connectivity index (χ2n) is 6.13. The highest BCUT2D eigenvalue weighted by molar-refractivity contribution is 5.94. The lowest BCUT2D eigenvalue weighted by Crippen LogP contribution is -2.05. The first kappa shape index (κ1) is 14.5. The standard InChI is InChI=1S/C20H17N3O/c1-12-6-13(2)8-15(7-12)18-9-14(10-19(24)23-18)17-11-22-20-16(17)4-3-5-21-20/h3-11H,1-2H3,(H,21,22)(H,23,24). The van der Waals surface area contributed by atoms with Gasteiger partial charge < -0.3 is 9.97 Å². The van der Waals surface area contributed by atoms with Crippen LogP contribution < -0.4 is 5.56 Å². The zero-order valence-electron chi connectivity index (χ0n) is 13.6. The molecule has 0 aliphatic carbocycles. The van der Waals surface area contributed by atoms with Crippen LogP contribution in [0.5, 0.6) is 0 Å². The first-order chi connectivity index (χ1) is 11.6. The highest BCUT2D eigenvalue weighted by Crippen LogP contribution is 2.29. The number of aromatic nitrogens is 3. The van der Waals surface area contributed by atoms with Gasteiger partial charge in [0.15, 0.2) is 0 Å². The Morgan fingerprint density at radius 2 is 1.75 bits per heavy atom. The SMILES string of the molecule is Cc1cc(C)cc(-c2cc(-c3c[nH]c4ncccc34)cc(=O)[nH]2)c1. The van der Waals surface area contributed by atoms with Crippen molar-refractivity contribution in [3.05, 3.63) is 76.3 Å². The quantitative estimate of drug-likeness (QED) is 0.582. The van der Waals surface area contributed by atoms with Gasteiger partial charge >= 0.3 is 0 Å². The summed E-state index contributed by atoms with van der Waals surface area (Å²) in [6, 6.07) is 13.8. The Hall–Kier alpha value is -3.14. The number of aryl methyl sites for hydroxylation is 2. The number of hydrogen-bond donors (Lipinski definition) is 2. The summed E-state index contributed by atoms with van der Waals surface area (Å²) in [6.45, 7) is 4.12. The lowest BCUT2D eigenvalue weighted by atomic mass is 10.0. The summed E-state index contributed by atoms with van der Waals surface area (Å²) in [6.07, 6.45) is 3.65. The van der Waals surface area contributed by atoms with E-state index in [0.717, 1.165) is 33.4 Å². The average Bonchev–Trinajstić information content (AvgIpc) is 2.97. The molecule has 1 aromatic carbocycles. The Labute approximate surface area is 139 Å². The van der Waals surface area contributed by atoms with Gasteiger partial charge in [-0.2, -0.15) is 0 Å². The third-order valence-electron chi connectivity index (χ3n) is 4.14. The molecule has 0 unspecified atom stereocenters. The summed E-state index contributed by atoms with van der Waals surface area (Å²) < 4.78 is 0. The van der Waals surface area contributed by atoms with Gasteiger partial charge in [-0.15, -0.1) is 0 Å². The fraction of sp³-hybridized carbons (Fsp3) is 0.100. The minimum atomic E-state index is -0.111. The molecule has 0 saturated heterocycles. The van der Waals surface area contributed by atoms with Crippen molar-refractivity contribution in [3.8, 4) is 22.4 Å². The topological polar surface area (TPSA) is 61.5 Å². The maximum absolute atomic E-state index is 12.2. The van der Waals surface area contributed by atoms with Crippen LogP contribution in [0.4, 0.5) is 0 Å². The van der Waals surface area contributed by atoms with Crippen LogP contribution in [-0.4, -0.2) is 15.0 Å². The maximum Gasteiger partial charge on any atom is 0.249 e. The smallest absolute Gasteiger partial charge is 0.249 e. The normalized spacial score (nSPS) is 11.1. The van der Waals surface area contributed by atoms with Crippen LogP contribution in [0.25, 0.3) is 33.4 Å². The van der Waals surface area contributed by atoms with E-state index < -0.39 is 0 Å². The molecular formula is C20H17N3O. The molecule has 0 aliphatic rings. The molecule has 0 bridgehead atoms. The third kappa shape index (κ3) is 2.52. The molecule has 0 amide bonds. The molecule has 0 radical (unpaired) electrons. The molecule has 3 aromatic heterocycles. The van der Waals surface area contributed by atoms with Gasteiger partial charge in [0.1, 0.15) is 5.65 Å². The largest absolute Gasteiger partial charge is 0.346 e. The van der Waals surface area contributed by atoms with Crippen LogP contribution in [0.2, 0.25) is 0 Å². The van der Waals surface area contributed by atoms with Gasteiger partial charge in [-0.1, -0.05) is 17.2 Å². The lowest BCUT2D eigenvalue weighted by molar-refractivity contribution is 1.23. The minimum absolute atomic E-state index is 0.111. The molecule has 4 rings (SSSR count). The predicted molar refractivity (Wildman–Crippen MR) is 97.1 cm³/mol. The van der Waals surface area contributed by atoms with Gasteiger partial charge in [0, 0.05) is 35.1 Å². The van der Waals surface area contributed by atoms with Crippen molar-refractivity contribution in [2.75, 3.05) is 0 Å². The zero-order chi connectivity index (χ0) is 16.7. The van der Waals surface area contributed by atoms with Crippen molar-refractivity contribution < 1.29 is 0 Å². The summed E-state index contributed by atoms with van der Waals surface area (Å²) in [5.74, 6) is 0. The summed E-state index contributed by atoms with van der Waals surface area (Å²) in [4.78, 5) is 22.6. The van der Waals surface area contributed by atoms with Gasteiger partial charge in [0.05, 0.1) is 0 Å².